The number of hydrogen-bond acceptors (Lipinski definition) is 2. The number of aromatic carboxylic acids is 1. The molecule has 104 valence electrons. The molecule has 0 aliphatic carbocycles. The van der Waals surface area contributed by atoms with E-state index >= 15 is 0 Å². The van der Waals surface area contributed by atoms with Crippen molar-refractivity contribution in [2.75, 3.05) is 5.32 Å². The van der Waals surface area contributed by atoms with E-state index in [1.807, 2.05) is 20.8 Å². The zero-order valence-corrected chi connectivity index (χ0v) is 12.6. The van der Waals surface area contributed by atoms with Gasteiger partial charge < -0.3 is 15.7 Å². The van der Waals surface area contributed by atoms with Crippen molar-refractivity contribution >= 4 is 33.6 Å². The first kappa shape index (κ1) is 15.5. The van der Waals surface area contributed by atoms with E-state index in [4.69, 9.17) is 5.11 Å². The molecule has 0 aromatic heterocycles. The van der Waals surface area contributed by atoms with Crippen LogP contribution in [0.5, 0.6) is 0 Å². The number of carboxylic acid groups (broad SMARTS) is 1. The van der Waals surface area contributed by atoms with Gasteiger partial charge in [-0.1, -0.05) is 13.8 Å². The molecule has 19 heavy (non-hydrogen) atoms. The molecule has 0 saturated carbocycles. The van der Waals surface area contributed by atoms with Crippen molar-refractivity contribution in [2.45, 2.75) is 26.8 Å². The lowest BCUT2D eigenvalue weighted by atomic mass is 10.1. The van der Waals surface area contributed by atoms with E-state index < -0.39 is 5.97 Å². The average Bonchev–Trinajstić information content (AvgIpc) is 2.31. The minimum Gasteiger partial charge on any atom is -0.478 e. The largest absolute Gasteiger partial charge is 0.478 e. The molecule has 0 aliphatic rings. The zero-order valence-electron chi connectivity index (χ0n) is 11.0. The second kappa shape index (κ2) is 6.56. The van der Waals surface area contributed by atoms with E-state index in [0.29, 0.717) is 16.1 Å². The Bertz CT molecular complexity index is 489. The Morgan fingerprint density at radius 2 is 1.89 bits per heavy atom. The van der Waals surface area contributed by atoms with Crippen LogP contribution in [0.2, 0.25) is 0 Å². The van der Waals surface area contributed by atoms with Crippen LogP contribution in [0.4, 0.5) is 10.5 Å². The lowest BCUT2D eigenvalue weighted by Gasteiger charge is -2.18. The van der Waals surface area contributed by atoms with E-state index in [-0.39, 0.29) is 17.6 Å². The standard InChI is InChI=1S/C13H17BrN2O3/c1-7(2)8(3)15-13(19)16-11-6-9(12(17)18)4-5-10(11)14/h4-8H,1-3H3,(H,17,18)(H2,15,16,19). The van der Waals surface area contributed by atoms with Crippen LogP contribution in [0.25, 0.3) is 0 Å². The molecule has 5 nitrogen and oxygen atoms in total. The van der Waals surface area contributed by atoms with Gasteiger partial charge in [0.15, 0.2) is 0 Å². The first-order valence-electron chi connectivity index (χ1n) is 5.91. The Morgan fingerprint density at radius 3 is 2.42 bits per heavy atom. The van der Waals surface area contributed by atoms with Gasteiger partial charge in [0.05, 0.1) is 11.3 Å². The van der Waals surface area contributed by atoms with Gasteiger partial charge in [-0.05, 0) is 47.0 Å². The lowest BCUT2D eigenvalue weighted by molar-refractivity contribution is 0.0697. The number of hydrogen-bond donors (Lipinski definition) is 3. The van der Waals surface area contributed by atoms with Crippen LogP contribution < -0.4 is 10.6 Å². The number of rotatable bonds is 4. The summed E-state index contributed by atoms with van der Waals surface area (Å²) in [6.45, 7) is 5.92. The van der Waals surface area contributed by atoms with Gasteiger partial charge in [0.2, 0.25) is 0 Å². The van der Waals surface area contributed by atoms with Crippen LogP contribution in [-0.2, 0) is 0 Å². The molecule has 0 saturated heterocycles. The van der Waals surface area contributed by atoms with Gasteiger partial charge in [-0.25, -0.2) is 9.59 Å². The summed E-state index contributed by atoms with van der Waals surface area (Å²) in [6, 6.07) is 4.13. The number of carbonyl (C=O) groups is 2. The molecule has 3 N–H and O–H groups in total. The monoisotopic (exact) mass is 328 g/mol. The summed E-state index contributed by atoms with van der Waals surface area (Å²) < 4.78 is 0.629. The fourth-order valence-electron chi connectivity index (χ4n) is 1.29. The van der Waals surface area contributed by atoms with Crippen molar-refractivity contribution in [1.29, 1.82) is 0 Å². The molecule has 1 aromatic rings. The van der Waals surface area contributed by atoms with Gasteiger partial charge in [0.1, 0.15) is 0 Å². The zero-order chi connectivity index (χ0) is 14.6. The molecule has 2 amide bonds. The van der Waals surface area contributed by atoms with Crippen molar-refractivity contribution in [2.24, 2.45) is 5.92 Å². The van der Waals surface area contributed by atoms with Crippen molar-refractivity contribution in [3.63, 3.8) is 0 Å². The quantitative estimate of drug-likeness (QED) is 0.793. The number of carboxylic acids is 1. The molecule has 0 spiro atoms. The van der Waals surface area contributed by atoms with E-state index in [9.17, 15) is 9.59 Å². The molecule has 1 rings (SSSR count). The first-order chi connectivity index (χ1) is 8.81. The Balaban J connectivity index is 2.79. The minimum atomic E-state index is -1.04. The number of benzene rings is 1. The number of anilines is 1. The van der Waals surface area contributed by atoms with Gasteiger partial charge in [-0.2, -0.15) is 0 Å². The molecule has 1 unspecified atom stereocenters. The topological polar surface area (TPSA) is 78.4 Å². The maximum absolute atomic E-state index is 11.8. The molecular formula is C13H17BrN2O3. The Labute approximate surface area is 120 Å². The summed E-state index contributed by atoms with van der Waals surface area (Å²) in [4.78, 5) is 22.6. The van der Waals surface area contributed by atoms with Crippen molar-refractivity contribution in [1.82, 2.24) is 5.32 Å². The van der Waals surface area contributed by atoms with Gasteiger partial charge in [-0.3, -0.25) is 0 Å². The predicted molar refractivity (Wildman–Crippen MR) is 77.6 cm³/mol. The smallest absolute Gasteiger partial charge is 0.335 e. The van der Waals surface area contributed by atoms with Crippen molar-refractivity contribution < 1.29 is 14.7 Å². The molecule has 6 heteroatoms. The molecule has 1 atom stereocenters. The van der Waals surface area contributed by atoms with Gasteiger partial charge >= 0.3 is 12.0 Å². The SMILES string of the molecule is CC(C)C(C)NC(=O)Nc1cc(C(=O)O)ccc1Br. The Kier molecular flexibility index (Phi) is 5.35. The van der Waals surface area contributed by atoms with Crippen LogP contribution in [0.15, 0.2) is 22.7 Å². The summed E-state index contributed by atoms with van der Waals surface area (Å²) in [5.41, 5.74) is 0.545. The second-order valence-corrected chi connectivity index (χ2v) is 5.49. The van der Waals surface area contributed by atoms with E-state index in [1.54, 1.807) is 6.07 Å². The molecule has 1 aromatic carbocycles. The van der Waals surface area contributed by atoms with E-state index in [0.717, 1.165) is 0 Å². The highest BCUT2D eigenvalue weighted by molar-refractivity contribution is 9.10. The highest BCUT2D eigenvalue weighted by Gasteiger charge is 2.13. The summed E-state index contributed by atoms with van der Waals surface area (Å²) >= 11 is 3.27. The number of amides is 2. The van der Waals surface area contributed by atoms with Crippen LogP contribution in [0.1, 0.15) is 31.1 Å². The summed E-state index contributed by atoms with van der Waals surface area (Å²) in [7, 11) is 0. The summed E-state index contributed by atoms with van der Waals surface area (Å²) in [5, 5.41) is 14.3. The normalized spacial score (nSPS) is 12.1. The summed E-state index contributed by atoms with van der Waals surface area (Å²) in [6.07, 6.45) is 0. The second-order valence-electron chi connectivity index (χ2n) is 4.63. The third-order valence-corrected chi connectivity index (χ3v) is 3.51. The lowest BCUT2D eigenvalue weighted by Crippen LogP contribution is -2.39. The van der Waals surface area contributed by atoms with Crippen LogP contribution in [-0.4, -0.2) is 23.1 Å². The highest BCUT2D eigenvalue weighted by atomic mass is 79.9. The van der Waals surface area contributed by atoms with Crippen LogP contribution in [0, 0.1) is 5.92 Å². The van der Waals surface area contributed by atoms with E-state index in [2.05, 4.69) is 26.6 Å². The molecule has 0 fully saturated rings. The average molecular weight is 329 g/mol. The highest BCUT2D eigenvalue weighted by Crippen LogP contribution is 2.23. The van der Waals surface area contributed by atoms with Gasteiger partial charge in [-0.15, -0.1) is 0 Å². The van der Waals surface area contributed by atoms with Crippen LogP contribution in [0.3, 0.4) is 0 Å². The number of urea groups is 1. The van der Waals surface area contributed by atoms with Gasteiger partial charge in [0.25, 0.3) is 0 Å². The fourth-order valence-corrected chi connectivity index (χ4v) is 1.63. The minimum absolute atomic E-state index is 0.0291. The van der Waals surface area contributed by atoms with Gasteiger partial charge in [0, 0.05) is 10.5 Å². The number of nitrogens with one attached hydrogen (secondary N) is 2. The fraction of sp³-hybridized carbons (Fsp3) is 0.385. The van der Waals surface area contributed by atoms with E-state index in [1.165, 1.54) is 12.1 Å². The Hall–Kier alpha value is -1.56. The third-order valence-electron chi connectivity index (χ3n) is 2.82. The molecular weight excluding hydrogens is 312 g/mol. The summed E-state index contributed by atoms with van der Waals surface area (Å²) in [5.74, 6) is -0.717. The maximum atomic E-state index is 11.8. The molecule has 0 bridgehead atoms. The molecule has 0 aliphatic heterocycles. The third kappa shape index (κ3) is 4.55. The first-order valence-corrected chi connectivity index (χ1v) is 6.71. The molecule has 0 heterocycles. The maximum Gasteiger partial charge on any atom is 0.335 e. The number of halogens is 1. The van der Waals surface area contributed by atoms with Crippen molar-refractivity contribution in [3.8, 4) is 0 Å². The predicted octanol–water partition coefficient (Wildman–Crippen LogP) is 3.31. The molecule has 0 radical (unpaired) electrons. The van der Waals surface area contributed by atoms with Crippen molar-refractivity contribution in [3.05, 3.63) is 28.2 Å². The number of carbonyl (C=O) groups excluding carboxylic acids is 1. The van der Waals surface area contributed by atoms with Crippen LogP contribution >= 0.6 is 15.9 Å². The Morgan fingerprint density at radius 1 is 1.26 bits per heavy atom.